The van der Waals surface area contributed by atoms with Gasteiger partial charge in [0.1, 0.15) is 23.5 Å². The normalized spacial score (nSPS) is 10.5. The van der Waals surface area contributed by atoms with Crippen LogP contribution >= 0.6 is 0 Å². The summed E-state index contributed by atoms with van der Waals surface area (Å²) >= 11 is 0. The number of hydrogen-bond acceptors (Lipinski definition) is 6. The van der Waals surface area contributed by atoms with Crippen molar-refractivity contribution in [2.75, 3.05) is 18.5 Å². The first-order chi connectivity index (χ1) is 16.1. The van der Waals surface area contributed by atoms with E-state index in [1.807, 2.05) is 36.4 Å². The molecule has 0 saturated carbocycles. The molecular weight excluding hydrogens is 416 g/mol. The standard InChI is InChI=1S/C26H22N4O3/c1-2-33-24-13-18(9-10-22(24)26(31)32)23-14-25(30-16-29-23)28-12-11-21-19(15-27)8-7-17-5-3-4-6-20(17)21/h3-10,13-14,16H,2,11-12H2,1H3,(H,31,32)(H,28,29,30). The Morgan fingerprint density at radius 2 is 1.97 bits per heavy atom. The molecule has 164 valence electrons. The van der Waals surface area contributed by atoms with Crippen LogP contribution in [0.25, 0.3) is 22.0 Å². The summed E-state index contributed by atoms with van der Waals surface area (Å²) in [6.45, 7) is 2.75. The van der Waals surface area contributed by atoms with E-state index in [1.54, 1.807) is 25.1 Å². The lowest BCUT2D eigenvalue weighted by Gasteiger charge is -2.12. The molecule has 1 heterocycles. The summed E-state index contributed by atoms with van der Waals surface area (Å²) < 4.78 is 5.50. The number of aromatic nitrogens is 2. The highest BCUT2D eigenvalue weighted by molar-refractivity contribution is 5.92. The van der Waals surface area contributed by atoms with Gasteiger partial charge in [0.25, 0.3) is 0 Å². The molecule has 0 aliphatic rings. The Labute approximate surface area is 191 Å². The third kappa shape index (κ3) is 4.75. The van der Waals surface area contributed by atoms with Crippen LogP contribution in [0.5, 0.6) is 5.75 Å². The highest BCUT2D eigenvalue weighted by Crippen LogP contribution is 2.28. The average Bonchev–Trinajstić information content (AvgIpc) is 2.84. The summed E-state index contributed by atoms with van der Waals surface area (Å²) in [5.74, 6) is -0.102. The molecular formula is C26H22N4O3. The van der Waals surface area contributed by atoms with E-state index in [9.17, 15) is 15.2 Å². The predicted octanol–water partition coefficient (Wildman–Crippen LogP) is 4.92. The first kappa shape index (κ1) is 21.8. The van der Waals surface area contributed by atoms with Crippen molar-refractivity contribution >= 4 is 22.6 Å². The number of aromatic carboxylic acids is 1. The minimum atomic E-state index is -1.04. The number of rotatable bonds is 8. The van der Waals surface area contributed by atoms with Crippen LogP contribution in [0.1, 0.15) is 28.4 Å². The van der Waals surface area contributed by atoms with E-state index in [4.69, 9.17) is 4.74 Å². The summed E-state index contributed by atoms with van der Waals surface area (Å²) in [5.41, 5.74) is 3.16. The van der Waals surface area contributed by atoms with Crippen molar-refractivity contribution in [3.05, 3.63) is 83.7 Å². The fourth-order valence-corrected chi connectivity index (χ4v) is 3.77. The zero-order chi connectivity index (χ0) is 23.2. The highest BCUT2D eigenvalue weighted by Gasteiger charge is 2.14. The van der Waals surface area contributed by atoms with Crippen LogP contribution in [0.2, 0.25) is 0 Å². The zero-order valence-corrected chi connectivity index (χ0v) is 18.1. The number of carboxylic acid groups (broad SMARTS) is 1. The molecule has 2 N–H and O–H groups in total. The maximum atomic E-state index is 11.4. The van der Waals surface area contributed by atoms with Gasteiger partial charge in [0.05, 0.1) is 23.9 Å². The first-order valence-electron chi connectivity index (χ1n) is 10.6. The van der Waals surface area contributed by atoms with Gasteiger partial charge >= 0.3 is 5.97 Å². The van der Waals surface area contributed by atoms with Crippen molar-refractivity contribution in [2.24, 2.45) is 0 Å². The molecule has 0 fully saturated rings. The summed E-state index contributed by atoms with van der Waals surface area (Å²) in [4.78, 5) is 20.0. The van der Waals surface area contributed by atoms with Gasteiger partial charge in [0.15, 0.2) is 0 Å². The van der Waals surface area contributed by atoms with Crippen LogP contribution in [-0.4, -0.2) is 34.2 Å². The Bertz CT molecular complexity index is 1360. The maximum absolute atomic E-state index is 11.4. The quantitative estimate of drug-likeness (QED) is 0.402. The van der Waals surface area contributed by atoms with Crippen molar-refractivity contribution in [3.8, 4) is 23.1 Å². The fourth-order valence-electron chi connectivity index (χ4n) is 3.77. The van der Waals surface area contributed by atoms with Crippen molar-refractivity contribution in [3.63, 3.8) is 0 Å². The summed E-state index contributed by atoms with van der Waals surface area (Å²) in [6, 6.07) is 20.8. The molecule has 0 aliphatic carbocycles. The molecule has 0 spiro atoms. The Kier molecular flexibility index (Phi) is 6.46. The lowest BCUT2D eigenvalue weighted by molar-refractivity contribution is 0.0692. The number of hydrogen-bond donors (Lipinski definition) is 2. The van der Waals surface area contributed by atoms with Crippen LogP contribution in [-0.2, 0) is 6.42 Å². The Hall–Kier alpha value is -4.44. The number of nitrogens with one attached hydrogen (secondary N) is 1. The van der Waals surface area contributed by atoms with E-state index in [1.165, 1.54) is 12.4 Å². The minimum absolute atomic E-state index is 0.108. The van der Waals surface area contributed by atoms with Crippen LogP contribution < -0.4 is 10.1 Å². The fraction of sp³-hybridized carbons (Fsp3) is 0.154. The van der Waals surface area contributed by atoms with E-state index in [2.05, 4.69) is 21.4 Å². The highest BCUT2D eigenvalue weighted by atomic mass is 16.5. The van der Waals surface area contributed by atoms with E-state index < -0.39 is 5.97 Å². The van der Waals surface area contributed by atoms with Gasteiger partial charge in [-0.25, -0.2) is 14.8 Å². The van der Waals surface area contributed by atoms with E-state index >= 15 is 0 Å². The van der Waals surface area contributed by atoms with E-state index in [-0.39, 0.29) is 5.56 Å². The van der Waals surface area contributed by atoms with Gasteiger partial charge in [0.2, 0.25) is 0 Å². The van der Waals surface area contributed by atoms with E-state index in [0.29, 0.717) is 42.4 Å². The van der Waals surface area contributed by atoms with Crippen molar-refractivity contribution in [1.82, 2.24) is 9.97 Å². The lowest BCUT2D eigenvalue weighted by Crippen LogP contribution is -2.08. The van der Waals surface area contributed by atoms with Crippen LogP contribution in [0, 0.1) is 11.3 Å². The molecule has 4 aromatic rings. The molecule has 0 saturated heterocycles. The van der Waals surface area contributed by atoms with E-state index in [0.717, 1.165) is 21.9 Å². The monoisotopic (exact) mass is 438 g/mol. The number of benzene rings is 3. The first-order valence-corrected chi connectivity index (χ1v) is 10.6. The second-order valence-corrected chi connectivity index (χ2v) is 7.34. The van der Waals surface area contributed by atoms with Crippen LogP contribution in [0.3, 0.4) is 0 Å². The average molecular weight is 438 g/mol. The second-order valence-electron chi connectivity index (χ2n) is 7.34. The third-order valence-corrected chi connectivity index (χ3v) is 5.32. The van der Waals surface area contributed by atoms with Crippen molar-refractivity contribution < 1.29 is 14.6 Å². The Morgan fingerprint density at radius 1 is 1.12 bits per heavy atom. The molecule has 3 aromatic carbocycles. The molecule has 33 heavy (non-hydrogen) atoms. The number of anilines is 1. The minimum Gasteiger partial charge on any atom is -0.493 e. The predicted molar refractivity (Wildman–Crippen MR) is 126 cm³/mol. The van der Waals surface area contributed by atoms with Gasteiger partial charge in [-0.05, 0) is 47.9 Å². The topological polar surface area (TPSA) is 108 Å². The lowest BCUT2D eigenvalue weighted by atomic mass is 9.97. The molecule has 7 heteroatoms. The van der Waals surface area contributed by atoms with Gasteiger partial charge in [-0.1, -0.05) is 36.4 Å². The molecule has 1 aromatic heterocycles. The molecule has 0 aliphatic heterocycles. The summed E-state index contributed by atoms with van der Waals surface area (Å²) in [6.07, 6.45) is 2.12. The molecule has 0 atom stereocenters. The molecule has 0 unspecified atom stereocenters. The molecule has 0 radical (unpaired) electrons. The van der Waals surface area contributed by atoms with Crippen molar-refractivity contribution in [2.45, 2.75) is 13.3 Å². The van der Waals surface area contributed by atoms with Gasteiger partial charge in [0, 0.05) is 18.2 Å². The molecule has 0 bridgehead atoms. The Morgan fingerprint density at radius 3 is 2.76 bits per heavy atom. The molecule has 4 rings (SSSR count). The zero-order valence-electron chi connectivity index (χ0n) is 18.1. The number of fused-ring (bicyclic) bond motifs is 1. The summed E-state index contributed by atoms with van der Waals surface area (Å²) in [5, 5.41) is 24.4. The largest absolute Gasteiger partial charge is 0.493 e. The number of nitriles is 1. The summed E-state index contributed by atoms with van der Waals surface area (Å²) in [7, 11) is 0. The smallest absolute Gasteiger partial charge is 0.339 e. The SMILES string of the molecule is CCOc1cc(-c2cc(NCCc3c(C#N)ccc4ccccc34)ncn2)ccc1C(=O)O. The maximum Gasteiger partial charge on any atom is 0.339 e. The molecule has 7 nitrogen and oxygen atoms in total. The van der Waals surface area contributed by atoms with Gasteiger partial charge in [-0.3, -0.25) is 0 Å². The molecule has 0 amide bonds. The van der Waals surface area contributed by atoms with Gasteiger partial charge in [-0.2, -0.15) is 5.26 Å². The number of carboxylic acids is 1. The van der Waals surface area contributed by atoms with Crippen LogP contribution in [0.4, 0.5) is 5.82 Å². The Balaban J connectivity index is 1.54. The van der Waals surface area contributed by atoms with Crippen molar-refractivity contribution in [1.29, 1.82) is 5.26 Å². The number of carbonyl (C=O) groups is 1. The van der Waals surface area contributed by atoms with Gasteiger partial charge in [-0.15, -0.1) is 0 Å². The van der Waals surface area contributed by atoms with Gasteiger partial charge < -0.3 is 15.2 Å². The number of ether oxygens (including phenoxy) is 1. The van der Waals surface area contributed by atoms with Crippen LogP contribution in [0.15, 0.2) is 67.0 Å². The second kappa shape index (κ2) is 9.79. The number of nitrogens with zero attached hydrogens (tertiary/aromatic N) is 3. The third-order valence-electron chi connectivity index (χ3n) is 5.32.